The van der Waals surface area contributed by atoms with E-state index in [2.05, 4.69) is 17.5 Å². The molecule has 0 bridgehead atoms. The van der Waals surface area contributed by atoms with E-state index >= 15 is 0 Å². The van der Waals surface area contributed by atoms with Crippen LogP contribution in [0.25, 0.3) is 0 Å². The van der Waals surface area contributed by atoms with Gasteiger partial charge < -0.3 is 11.1 Å². The summed E-state index contributed by atoms with van der Waals surface area (Å²) in [6.07, 6.45) is -4.56. The van der Waals surface area contributed by atoms with E-state index in [0.29, 0.717) is 0 Å². The Labute approximate surface area is 123 Å². The Morgan fingerprint density at radius 3 is 2.33 bits per heavy atom. The summed E-state index contributed by atoms with van der Waals surface area (Å²) in [5, 5.41) is 2.69. The van der Waals surface area contributed by atoms with Crippen LogP contribution in [0, 0.1) is 5.82 Å². The Morgan fingerprint density at radius 2 is 1.76 bits per heavy atom. The van der Waals surface area contributed by atoms with Gasteiger partial charge in [0.1, 0.15) is 10.8 Å². The highest BCUT2D eigenvalue weighted by Crippen LogP contribution is 2.34. The van der Waals surface area contributed by atoms with Gasteiger partial charge in [0, 0.05) is 11.3 Å². The zero-order valence-corrected chi connectivity index (χ0v) is 11.4. The van der Waals surface area contributed by atoms with Crippen molar-refractivity contribution in [2.45, 2.75) is 6.18 Å². The summed E-state index contributed by atoms with van der Waals surface area (Å²) < 4.78 is 52.0. The summed E-state index contributed by atoms with van der Waals surface area (Å²) in [5.41, 5.74) is 4.51. The third-order valence-corrected chi connectivity index (χ3v) is 2.96. The SMILES string of the molecule is NC(=S)c1cc(Nc2ccccc2F)ccc1C(F)(F)F. The fourth-order valence-electron chi connectivity index (χ4n) is 1.79. The molecule has 2 aromatic rings. The van der Waals surface area contributed by atoms with Crippen LogP contribution in [-0.4, -0.2) is 4.99 Å². The lowest BCUT2D eigenvalue weighted by molar-refractivity contribution is -0.137. The second-order valence-electron chi connectivity index (χ2n) is 4.23. The number of benzene rings is 2. The summed E-state index contributed by atoms with van der Waals surface area (Å²) in [6, 6.07) is 9.01. The lowest BCUT2D eigenvalue weighted by Gasteiger charge is -2.14. The molecule has 0 saturated heterocycles. The highest BCUT2D eigenvalue weighted by Gasteiger charge is 2.34. The van der Waals surface area contributed by atoms with E-state index in [-0.39, 0.29) is 21.9 Å². The van der Waals surface area contributed by atoms with Gasteiger partial charge in [0.25, 0.3) is 0 Å². The van der Waals surface area contributed by atoms with Gasteiger partial charge in [-0.1, -0.05) is 24.4 Å². The molecule has 110 valence electrons. The van der Waals surface area contributed by atoms with Crippen molar-refractivity contribution in [3.05, 3.63) is 59.4 Å². The van der Waals surface area contributed by atoms with Gasteiger partial charge in [-0.05, 0) is 30.3 Å². The molecule has 2 nitrogen and oxygen atoms in total. The lowest BCUT2D eigenvalue weighted by Crippen LogP contribution is -2.18. The molecule has 0 atom stereocenters. The number of nitrogens with two attached hydrogens (primary N) is 1. The minimum Gasteiger partial charge on any atom is -0.389 e. The van der Waals surface area contributed by atoms with Crippen molar-refractivity contribution in [1.82, 2.24) is 0 Å². The van der Waals surface area contributed by atoms with Crippen molar-refractivity contribution >= 4 is 28.6 Å². The molecule has 0 amide bonds. The van der Waals surface area contributed by atoms with Gasteiger partial charge in [0.2, 0.25) is 0 Å². The standard InChI is InChI=1S/C14H10F4N2S/c15-11-3-1-2-4-12(11)20-8-5-6-10(14(16,17)18)9(7-8)13(19)21/h1-7,20H,(H2,19,21). The van der Waals surface area contributed by atoms with Gasteiger partial charge in [-0.15, -0.1) is 0 Å². The first-order valence-electron chi connectivity index (χ1n) is 5.81. The first kappa shape index (κ1) is 15.2. The van der Waals surface area contributed by atoms with Crippen molar-refractivity contribution < 1.29 is 17.6 Å². The van der Waals surface area contributed by atoms with Crippen LogP contribution in [0.1, 0.15) is 11.1 Å². The molecule has 0 fully saturated rings. The third-order valence-electron chi connectivity index (χ3n) is 2.74. The van der Waals surface area contributed by atoms with Crippen molar-refractivity contribution in [1.29, 1.82) is 0 Å². The first-order chi connectivity index (χ1) is 9.79. The van der Waals surface area contributed by atoms with E-state index in [1.807, 2.05) is 0 Å². The monoisotopic (exact) mass is 314 g/mol. The highest BCUT2D eigenvalue weighted by atomic mass is 32.1. The minimum atomic E-state index is -4.56. The molecule has 0 aliphatic rings. The molecule has 2 aromatic carbocycles. The lowest BCUT2D eigenvalue weighted by atomic mass is 10.1. The second kappa shape index (κ2) is 5.69. The number of rotatable bonds is 3. The molecule has 0 aromatic heterocycles. The van der Waals surface area contributed by atoms with Gasteiger partial charge in [-0.25, -0.2) is 4.39 Å². The van der Waals surface area contributed by atoms with Crippen LogP contribution in [0.4, 0.5) is 28.9 Å². The number of alkyl halides is 3. The van der Waals surface area contributed by atoms with E-state index in [4.69, 9.17) is 5.73 Å². The smallest absolute Gasteiger partial charge is 0.389 e. The van der Waals surface area contributed by atoms with Gasteiger partial charge in [-0.2, -0.15) is 13.2 Å². The van der Waals surface area contributed by atoms with E-state index in [1.165, 1.54) is 24.3 Å². The summed E-state index contributed by atoms with van der Waals surface area (Å²) in [5.74, 6) is -0.519. The maximum absolute atomic E-state index is 13.5. The van der Waals surface area contributed by atoms with Crippen LogP contribution in [0.5, 0.6) is 0 Å². The molecular weight excluding hydrogens is 304 g/mol. The van der Waals surface area contributed by atoms with Crippen LogP contribution < -0.4 is 11.1 Å². The predicted molar refractivity (Wildman–Crippen MR) is 77.0 cm³/mol. The topological polar surface area (TPSA) is 38.0 Å². The molecule has 21 heavy (non-hydrogen) atoms. The number of nitrogens with one attached hydrogen (secondary N) is 1. The number of hydrogen-bond donors (Lipinski definition) is 2. The van der Waals surface area contributed by atoms with Crippen LogP contribution in [0.3, 0.4) is 0 Å². The Bertz CT molecular complexity index is 683. The fraction of sp³-hybridized carbons (Fsp3) is 0.0714. The molecule has 7 heteroatoms. The fourth-order valence-corrected chi connectivity index (χ4v) is 1.96. The zero-order valence-electron chi connectivity index (χ0n) is 10.5. The average molecular weight is 314 g/mol. The third kappa shape index (κ3) is 3.49. The maximum atomic E-state index is 13.5. The normalized spacial score (nSPS) is 11.2. The molecular formula is C14H10F4N2S. The minimum absolute atomic E-state index is 0.145. The number of thiocarbonyl (C=S) groups is 1. The van der Waals surface area contributed by atoms with Gasteiger partial charge >= 0.3 is 6.18 Å². The van der Waals surface area contributed by atoms with Crippen molar-refractivity contribution in [2.24, 2.45) is 5.73 Å². The van der Waals surface area contributed by atoms with Crippen LogP contribution in [-0.2, 0) is 6.18 Å². The predicted octanol–water partition coefficient (Wildman–Crippen LogP) is 4.22. The summed E-state index contributed by atoms with van der Waals surface area (Å²) >= 11 is 4.64. The Hall–Kier alpha value is -2.15. The van der Waals surface area contributed by atoms with Gasteiger partial charge in [0.05, 0.1) is 11.3 Å². The summed E-state index contributed by atoms with van der Waals surface area (Å²) in [4.78, 5) is -0.375. The Kier molecular flexibility index (Phi) is 4.13. The molecule has 0 aliphatic heterocycles. The van der Waals surface area contributed by atoms with Crippen molar-refractivity contribution in [3.63, 3.8) is 0 Å². The Morgan fingerprint density at radius 1 is 1.10 bits per heavy atom. The van der Waals surface area contributed by atoms with E-state index < -0.39 is 17.6 Å². The molecule has 3 N–H and O–H groups in total. The first-order valence-corrected chi connectivity index (χ1v) is 6.22. The summed E-state index contributed by atoms with van der Waals surface area (Å²) in [7, 11) is 0. The molecule has 0 unspecified atom stereocenters. The second-order valence-corrected chi connectivity index (χ2v) is 4.67. The number of halogens is 4. The number of anilines is 2. The molecule has 0 heterocycles. The van der Waals surface area contributed by atoms with Crippen molar-refractivity contribution in [2.75, 3.05) is 5.32 Å². The molecule has 0 spiro atoms. The Balaban J connectivity index is 2.42. The molecule has 2 rings (SSSR count). The molecule has 0 radical (unpaired) electrons. The largest absolute Gasteiger partial charge is 0.417 e. The van der Waals surface area contributed by atoms with Crippen LogP contribution in [0.2, 0.25) is 0 Å². The quantitative estimate of drug-likeness (QED) is 0.658. The van der Waals surface area contributed by atoms with Crippen molar-refractivity contribution in [3.8, 4) is 0 Å². The number of hydrogen-bond acceptors (Lipinski definition) is 2. The zero-order chi connectivity index (χ0) is 15.6. The maximum Gasteiger partial charge on any atom is 0.417 e. The van der Waals surface area contributed by atoms with Gasteiger partial charge in [-0.3, -0.25) is 0 Å². The molecule has 0 saturated carbocycles. The van der Waals surface area contributed by atoms with E-state index in [9.17, 15) is 17.6 Å². The van der Waals surface area contributed by atoms with E-state index in [1.54, 1.807) is 6.07 Å². The van der Waals surface area contributed by atoms with Crippen LogP contribution >= 0.6 is 12.2 Å². The molecule has 0 aliphatic carbocycles. The van der Waals surface area contributed by atoms with E-state index in [0.717, 1.165) is 12.1 Å². The highest BCUT2D eigenvalue weighted by molar-refractivity contribution is 7.80. The summed E-state index contributed by atoms with van der Waals surface area (Å²) in [6.45, 7) is 0. The average Bonchev–Trinajstić information content (AvgIpc) is 2.40. The van der Waals surface area contributed by atoms with Gasteiger partial charge in [0.15, 0.2) is 0 Å². The van der Waals surface area contributed by atoms with Crippen LogP contribution in [0.15, 0.2) is 42.5 Å². The number of para-hydroxylation sites is 1.